The Morgan fingerprint density at radius 3 is 1.75 bits per heavy atom. The zero-order chi connectivity index (χ0) is 49.7. The number of nitrogens with zero attached hydrogens (tertiary/aromatic N) is 6. The lowest BCUT2D eigenvalue weighted by molar-refractivity contribution is -0.384. The number of H-pyrrole nitrogens is 1. The van der Waals surface area contributed by atoms with Crippen molar-refractivity contribution < 1.29 is 21.8 Å². The molecule has 67 heavy (non-hydrogen) atoms. The van der Waals surface area contributed by atoms with E-state index in [2.05, 4.69) is 111 Å². The molecular formula is C45H58BrCl2N11O6S2. The van der Waals surface area contributed by atoms with Gasteiger partial charge >= 0.3 is 5.69 Å². The van der Waals surface area contributed by atoms with E-state index >= 15 is 0 Å². The quantitative estimate of drug-likeness (QED) is 0.0489. The lowest BCUT2D eigenvalue weighted by Gasteiger charge is -2.30. The normalized spacial score (nSPS) is 15.1. The Bertz CT molecular complexity index is 2750. The Balaban J connectivity index is 0.000000217. The smallest absolute Gasteiger partial charge is 0.306 e. The van der Waals surface area contributed by atoms with Crippen LogP contribution in [0.3, 0.4) is 0 Å². The number of aromatic amines is 1. The number of rotatable bonds is 10. The van der Waals surface area contributed by atoms with Gasteiger partial charge in [-0.2, -0.15) is 10.2 Å². The Kier molecular flexibility index (Phi) is 19.3. The van der Waals surface area contributed by atoms with Gasteiger partial charge in [0, 0.05) is 18.4 Å². The first-order chi connectivity index (χ1) is 31.3. The van der Waals surface area contributed by atoms with Crippen LogP contribution < -0.4 is 20.5 Å². The molecule has 6 aromatic rings. The van der Waals surface area contributed by atoms with Crippen molar-refractivity contribution in [3.8, 4) is 5.82 Å². The highest BCUT2D eigenvalue weighted by molar-refractivity contribution is 9.10. The van der Waals surface area contributed by atoms with E-state index in [1.807, 2.05) is 12.1 Å². The second-order valence-corrected chi connectivity index (χ2v) is 22.5. The molecule has 17 nitrogen and oxygen atoms in total. The molecule has 22 heteroatoms. The van der Waals surface area contributed by atoms with E-state index in [1.54, 1.807) is 36.4 Å². The van der Waals surface area contributed by atoms with E-state index in [0.717, 1.165) is 29.3 Å². The van der Waals surface area contributed by atoms with Crippen molar-refractivity contribution in [1.29, 1.82) is 0 Å². The standard InChI is InChI=1S/C18H20ClN5O2S.C15H16BrClN2O2S.C9H19N.C3H3N3O2/c1-18(2,3)12-4-6-15(7-5-12)27(25,26)23-16-8-13(19)9-21-17(16)24-11-14(20)10-22-24;1-15(2,3)10-4-6-12(7-5-10)22(20,21)19-13-8-11(17)9-18-14(13)16;1-3-8-6-4-5-7-9(8)10-2;7-6(8)3-1-4-5-2-3/h4-11,23H,20H2,1-3H3;4-9,19H,1-3H3;8-10H,3-7H2,1-2H3;1-2H,(H,4,5)/t;;8-,9-;/m..1./s1. The van der Waals surface area contributed by atoms with Gasteiger partial charge in [-0.05, 0) is 100 Å². The lowest BCUT2D eigenvalue weighted by atomic mass is 9.83. The maximum atomic E-state index is 12.8. The SMILES string of the molecule is CC(C)(C)c1ccc(S(=O)(=O)Nc2cc(Cl)cnc2-n2cc(N)cn2)cc1.CC(C)(C)c1ccc(S(=O)(=O)Nc2cc(Cl)cnc2Br)cc1.CC[C@@H]1CCCC[C@H]1NC.O=[N+]([O-])c1cn[nH]c1. The number of sulfonamides is 2. The zero-order valence-electron chi connectivity index (χ0n) is 38.6. The highest BCUT2D eigenvalue weighted by atomic mass is 79.9. The zero-order valence-corrected chi connectivity index (χ0v) is 43.3. The minimum absolute atomic E-state index is 0.00926. The third kappa shape index (κ3) is 16.3. The van der Waals surface area contributed by atoms with Crippen molar-refractivity contribution in [3.63, 3.8) is 0 Å². The molecule has 0 amide bonds. The number of aromatic nitrogens is 6. The monoisotopic (exact) mass is 1060 g/mol. The number of anilines is 3. The molecular weight excluding hydrogens is 1010 g/mol. The number of hydrogen-bond acceptors (Lipinski definition) is 12. The number of nitro groups is 1. The molecule has 0 bridgehead atoms. The molecule has 2 aromatic carbocycles. The van der Waals surface area contributed by atoms with Gasteiger partial charge in [0.1, 0.15) is 10.8 Å². The van der Waals surface area contributed by atoms with Crippen LogP contribution in [0.4, 0.5) is 22.7 Å². The van der Waals surface area contributed by atoms with Gasteiger partial charge in [0.2, 0.25) is 0 Å². The fraction of sp³-hybridized carbons (Fsp3) is 0.378. The summed E-state index contributed by atoms with van der Waals surface area (Å²) in [6, 6.07) is 17.4. The van der Waals surface area contributed by atoms with E-state index in [9.17, 15) is 26.9 Å². The fourth-order valence-electron chi connectivity index (χ4n) is 6.73. The summed E-state index contributed by atoms with van der Waals surface area (Å²) in [5.74, 6) is 1.23. The first-order valence-corrected chi connectivity index (χ1v) is 25.7. The highest BCUT2D eigenvalue weighted by Crippen LogP contribution is 2.30. The van der Waals surface area contributed by atoms with Crippen LogP contribution in [-0.2, 0) is 30.9 Å². The van der Waals surface area contributed by atoms with E-state index in [4.69, 9.17) is 28.9 Å². The largest absolute Gasteiger partial charge is 0.396 e. The third-order valence-corrected chi connectivity index (χ3v) is 14.3. The number of nitrogen functional groups attached to an aromatic ring is 1. The molecule has 2 atom stereocenters. The predicted molar refractivity (Wildman–Crippen MR) is 270 cm³/mol. The first kappa shape index (κ1) is 54.5. The number of hydrogen-bond donors (Lipinski definition) is 5. The summed E-state index contributed by atoms with van der Waals surface area (Å²) in [6.45, 7) is 14.7. The Labute approximate surface area is 411 Å². The lowest BCUT2D eigenvalue weighted by Crippen LogP contribution is -2.35. The summed E-state index contributed by atoms with van der Waals surface area (Å²) < 4.78 is 57.3. The average molecular weight is 1060 g/mol. The minimum atomic E-state index is -3.84. The van der Waals surface area contributed by atoms with Gasteiger partial charge in [0.15, 0.2) is 5.82 Å². The molecule has 7 rings (SSSR count). The van der Waals surface area contributed by atoms with E-state index in [0.29, 0.717) is 26.0 Å². The molecule has 1 aliphatic carbocycles. The molecule has 0 radical (unpaired) electrons. The molecule has 6 N–H and O–H groups in total. The number of halogens is 3. The van der Waals surface area contributed by atoms with Gasteiger partial charge in [-0.15, -0.1) is 0 Å². The van der Waals surface area contributed by atoms with Gasteiger partial charge in [-0.25, -0.2) is 31.5 Å². The second-order valence-electron chi connectivity index (χ2n) is 17.6. The van der Waals surface area contributed by atoms with Crippen LogP contribution in [0.2, 0.25) is 10.0 Å². The summed E-state index contributed by atoms with van der Waals surface area (Å²) in [5.41, 5.74) is 8.61. The first-order valence-electron chi connectivity index (χ1n) is 21.2. The van der Waals surface area contributed by atoms with Crippen LogP contribution in [0.15, 0.2) is 112 Å². The van der Waals surface area contributed by atoms with Crippen molar-refractivity contribution in [3.05, 3.63) is 134 Å². The molecule has 0 saturated heterocycles. The summed E-state index contributed by atoms with van der Waals surface area (Å²) >= 11 is 15.0. The Morgan fingerprint density at radius 1 is 0.821 bits per heavy atom. The van der Waals surface area contributed by atoms with E-state index in [1.165, 1.54) is 79.9 Å². The highest BCUT2D eigenvalue weighted by Gasteiger charge is 2.23. The van der Waals surface area contributed by atoms with Crippen LogP contribution in [0.5, 0.6) is 0 Å². The average Bonchev–Trinajstić information content (AvgIpc) is 3.98. The van der Waals surface area contributed by atoms with Crippen LogP contribution in [0.1, 0.15) is 91.7 Å². The second kappa shape index (κ2) is 23.7. The van der Waals surface area contributed by atoms with Crippen LogP contribution in [-0.4, -0.2) is 64.8 Å². The van der Waals surface area contributed by atoms with E-state index in [-0.39, 0.29) is 37.8 Å². The predicted octanol–water partition coefficient (Wildman–Crippen LogP) is 10.7. The number of nitrogens with two attached hydrogens (primary N) is 1. The van der Waals surface area contributed by atoms with Crippen molar-refractivity contribution in [2.24, 2.45) is 5.92 Å². The molecule has 4 heterocycles. The van der Waals surface area contributed by atoms with E-state index < -0.39 is 25.0 Å². The molecule has 362 valence electrons. The van der Waals surface area contributed by atoms with Gasteiger partial charge in [-0.1, -0.05) is 115 Å². The molecule has 0 unspecified atom stereocenters. The van der Waals surface area contributed by atoms with Crippen molar-refractivity contribution in [1.82, 2.24) is 35.3 Å². The van der Waals surface area contributed by atoms with Gasteiger partial charge < -0.3 is 11.1 Å². The van der Waals surface area contributed by atoms with Gasteiger partial charge in [0.05, 0.1) is 60.4 Å². The number of nitrogens with one attached hydrogen (secondary N) is 4. The number of benzene rings is 2. The van der Waals surface area contributed by atoms with Crippen LogP contribution in [0.25, 0.3) is 5.82 Å². The molecule has 4 aromatic heterocycles. The van der Waals surface area contributed by atoms with Gasteiger partial charge in [0.25, 0.3) is 20.0 Å². The topological polar surface area (TPSA) is 246 Å². The molecule has 1 aliphatic rings. The minimum Gasteiger partial charge on any atom is -0.396 e. The number of pyridine rings is 2. The summed E-state index contributed by atoms with van der Waals surface area (Å²) in [6.07, 6.45) is 15.3. The molecule has 1 saturated carbocycles. The molecule has 0 spiro atoms. The third-order valence-electron chi connectivity index (χ3n) is 10.5. The van der Waals surface area contributed by atoms with Crippen LogP contribution >= 0.6 is 39.1 Å². The van der Waals surface area contributed by atoms with Crippen molar-refractivity contribution in [2.45, 2.75) is 107 Å². The summed E-state index contributed by atoms with van der Waals surface area (Å²) in [7, 11) is -5.43. The fourth-order valence-corrected chi connectivity index (χ4v) is 9.60. The Hall–Kier alpha value is -5.12. The van der Waals surface area contributed by atoms with Crippen molar-refractivity contribution >= 4 is 81.9 Å². The Morgan fingerprint density at radius 2 is 1.33 bits per heavy atom. The maximum absolute atomic E-state index is 12.8. The summed E-state index contributed by atoms with van der Waals surface area (Å²) in [4.78, 5) is 17.8. The van der Waals surface area contributed by atoms with Crippen molar-refractivity contribution in [2.75, 3.05) is 22.2 Å². The summed E-state index contributed by atoms with van der Waals surface area (Å²) in [5, 5.41) is 23.6. The van der Waals surface area contributed by atoms with Gasteiger partial charge in [-0.3, -0.25) is 24.7 Å². The molecule has 0 aliphatic heterocycles. The molecule has 1 fully saturated rings. The maximum Gasteiger partial charge on any atom is 0.306 e. The van der Waals surface area contributed by atoms with Crippen LogP contribution in [0, 0.1) is 16.0 Å².